The highest BCUT2D eigenvalue weighted by Gasteiger charge is 2.07. The van der Waals surface area contributed by atoms with Crippen LogP contribution in [-0.2, 0) is 6.61 Å². The highest BCUT2D eigenvalue weighted by atomic mass is 16.3. The van der Waals surface area contributed by atoms with E-state index in [9.17, 15) is 4.79 Å². The Morgan fingerprint density at radius 1 is 1.41 bits per heavy atom. The number of aliphatic hydroxyl groups excluding tert-OH is 1. The fraction of sp³-hybridized carbons (Fsp3) is 0.154. The number of nitrogens with one attached hydrogen (secondary N) is 2. The first-order chi connectivity index (χ1) is 8.20. The number of aromatic nitrogens is 1. The average molecular weight is 230 g/mol. The van der Waals surface area contributed by atoms with Gasteiger partial charge in [-0.15, -0.1) is 0 Å². The number of aryl methyl sites for hydroxylation is 1. The van der Waals surface area contributed by atoms with Crippen molar-refractivity contribution in [3.63, 3.8) is 0 Å². The van der Waals surface area contributed by atoms with Gasteiger partial charge in [0.05, 0.1) is 6.61 Å². The standard InChI is InChI=1S/C13H14N2O2/c1-9-7-11(5-4-10(9)8-16)15-13(17)12-3-2-6-14-12/h2-7,14,16H,8H2,1H3,(H,15,17). The molecule has 0 bridgehead atoms. The third-order valence-corrected chi connectivity index (χ3v) is 2.61. The molecule has 1 amide bonds. The summed E-state index contributed by atoms with van der Waals surface area (Å²) in [5.41, 5.74) is 3.06. The molecule has 3 N–H and O–H groups in total. The van der Waals surface area contributed by atoms with Crippen molar-refractivity contribution < 1.29 is 9.90 Å². The molecule has 0 aliphatic carbocycles. The molecular weight excluding hydrogens is 216 g/mol. The topological polar surface area (TPSA) is 65.1 Å². The number of carbonyl (C=O) groups is 1. The smallest absolute Gasteiger partial charge is 0.272 e. The van der Waals surface area contributed by atoms with Gasteiger partial charge in [0, 0.05) is 11.9 Å². The maximum absolute atomic E-state index is 11.7. The number of anilines is 1. The van der Waals surface area contributed by atoms with Gasteiger partial charge in [0.15, 0.2) is 0 Å². The van der Waals surface area contributed by atoms with E-state index >= 15 is 0 Å². The predicted octanol–water partition coefficient (Wildman–Crippen LogP) is 2.07. The van der Waals surface area contributed by atoms with Crippen molar-refractivity contribution in [3.05, 3.63) is 53.3 Å². The zero-order valence-corrected chi connectivity index (χ0v) is 9.53. The van der Waals surface area contributed by atoms with Crippen LogP contribution in [0.15, 0.2) is 36.5 Å². The zero-order chi connectivity index (χ0) is 12.3. The molecule has 1 aromatic heterocycles. The molecule has 4 heteroatoms. The van der Waals surface area contributed by atoms with Crippen LogP contribution in [0.2, 0.25) is 0 Å². The van der Waals surface area contributed by atoms with Crippen molar-refractivity contribution >= 4 is 11.6 Å². The number of amides is 1. The Bertz CT molecular complexity index is 518. The number of aromatic amines is 1. The molecule has 0 atom stereocenters. The van der Waals surface area contributed by atoms with Crippen molar-refractivity contribution in [3.8, 4) is 0 Å². The normalized spacial score (nSPS) is 10.2. The maximum Gasteiger partial charge on any atom is 0.272 e. The first kappa shape index (κ1) is 11.4. The van der Waals surface area contributed by atoms with Gasteiger partial charge in [0.1, 0.15) is 5.69 Å². The molecule has 88 valence electrons. The summed E-state index contributed by atoms with van der Waals surface area (Å²) in [4.78, 5) is 14.6. The molecule has 2 rings (SSSR count). The van der Waals surface area contributed by atoms with Gasteiger partial charge in [-0.1, -0.05) is 6.07 Å². The summed E-state index contributed by atoms with van der Waals surface area (Å²) < 4.78 is 0. The molecule has 0 saturated heterocycles. The lowest BCUT2D eigenvalue weighted by Gasteiger charge is -2.07. The van der Waals surface area contributed by atoms with E-state index in [0.29, 0.717) is 5.69 Å². The van der Waals surface area contributed by atoms with Crippen LogP contribution < -0.4 is 5.32 Å². The molecule has 17 heavy (non-hydrogen) atoms. The zero-order valence-electron chi connectivity index (χ0n) is 9.53. The first-order valence-corrected chi connectivity index (χ1v) is 5.36. The Balaban J connectivity index is 2.14. The van der Waals surface area contributed by atoms with E-state index in [1.54, 1.807) is 30.5 Å². The molecule has 0 aliphatic rings. The Labute approximate surface area is 99.3 Å². The van der Waals surface area contributed by atoms with E-state index in [4.69, 9.17) is 5.11 Å². The van der Waals surface area contributed by atoms with Crippen LogP contribution in [0, 0.1) is 6.92 Å². The average Bonchev–Trinajstić information content (AvgIpc) is 2.82. The van der Waals surface area contributed by atoms with Gasteiger partial charge in [-0.25, -0.2) is 0 Å². The van der Waals surface area contributed by atoms with Gasteiger partial charge < -0.3 is 15.4 Å². The molecule has 2 aromatic rings. The molecule has 0 fully saturated rings. The molecule has 4 nitrogen and oxygen atoms in total. The Morgan fingerprint density at radius 2 is 2.24 bits per heavy atom. The van der Waals surface area contributed by atoms with Gasteiger partial charge in [-0.2, -0.15) is 0 Å². The summed E-state index contributed by atoms with van der Waals surface area (Å²) in [6.07, 6.45) is 1.70. The second kappa shape index (κ2) is 4.84. The predicted molar refractivity (Wildman–Crippen MR) is 65.8 cm³/mol. The summed E-state index contributed by atoms with van der Waals surface area (Å²) in [6.45, 7) is 1.91. The Kier molecular flexibility index (Phi) is 3.25. The monoisotopic (exact) mass is 230 g/mol. The van der Waals surface area contributed by atoms with Gasteiger partial charge in [0.2, 0.25) is 0 Å². The third-order valence-electron chi connectivity index (χ3n) is 2.61. The van der Waals surface area contributed by atoms with Crippen molar-refractivity contribution in [2.75, 3.05) is 5.32 Å². The molecule has 0 unspecified atom stereocenters. The molecule has 0 spiro atoms. The summed E-state index contributed by atoms with van der Waals surface area (Å²) in [6, 6.07) is 8.91. The largest absolute Gasteiger partial charge is 0.392 e. The van der Waals surface area contributed by atoms with Gasteiger partial charge in [0.25, 0.3) is 5.91 Å². The fourth-order valence-corrected chi connectivity index (χ4v) is 1.62. The minimum absolute atomic E-state index is 0.0106. The molecule has 1 heterocycles. The Morgan fingerprint density at radius 3 is 2.82 bits per heavy atom. The lowest BCUT2D eigenvalue weighted by Crippen LogP contribution is -2.12. The molecule has 0 aliphatic heterocycles. The highest BCUT2D eigenvalue weighted by molar-refractivity contribution is 6.02. The van der Waals surface area contributed by atoms with Gasteiger partial charge >= 0.3 is 0 Å². The minimum Gasteiger partial charge on any atom is -0.392 e. The van der Waals surface area contributed by atoms with Crippen LogP contribution in [0.3, 0.4) is 0 Å². The van der Waals surface area contributed by atoms with E-state index in [1.807, 2.05) is 13.0 Å². The number of hydrogen-bond acceptors (Lipinski definition) is 2. The maximum atomic E-state index is 11.7. The third kappa shape index (κ3) is 2.54. The summed E-state index contributed by atoms with van der Waals surface area (Å²) in [7, 11) is 0. The second-order valence-corrected chi connectivity index (χ2v) is 3.84. The lowest BCUT2D eigenvalue weighted by molar-refractivity contribution is 0.102. The number of aliphatic hydroxyl groups is 1. The van der Waals surface area contributed by atoms with Crippen LogP contribution in [-0.4, -0.2) is 16.0 Å². The van der Waals surface area contributed by atoms with E-state index in [1.165, 1.54) is 0 Å². The SMILES string of the molecule is Cc1cc(NC(=O)c2ccc[nH]2)ccc1CO. The number of benzene rings is 1. The van der Waals surface area contributed by atoms with Gasteiger partial charge in [-0.3, -0.25) is 4.79 Å². The number of carbonyl (C=O) groups excluding carboxylic acids is 1. The van der Waals surface area contributed by atoms with Crippen molar-refractivity contribution in [2.45, 2.75) is 13.5 Å². The minimum atomic E-state index is -0.175. The first-order valence-electron chi connectivity index (χ1n) is 5.36. The fourth-order valence-electron chi connectivity index (χ4n) is 1.62. The second-order valence-electron chi connectivity index (χ2n) is 3.84. The summed E-state index contributed by atoms with van der Waals surface area (Å²) >= 11 is 0. The lowest BCUT2D eigenvalue weighted by atomic mass is 10.1. The van der Waals surface area contributed by atoms with E-state index in [2.05, 4.69) is 10.3 Å². The van der Waals surface area contributed by atoms with Crippen LogP contribution in [0.4, 0.5) is 5.69 Å². The number of rotatable bonds is 3. The summed E-state index contributed by atoms with van der Waals surface area (Å²) in [5.74, 6) is -0.175. The van der Waals surface area contributed by atoms with Crippen LogP contribution in [0.1, 0.15) is 21.6 Å². The molecule has 0 saturated carbocycles. The Hall–Kier alpha value is -2.07. The quantitative estimate of drug-likeness (QED) is 0.755. The van der Waals surface area contributed by atoms with Crippen LogP contribution >= 0.6 is 0 Å². The van der Waals surface area contributed by atoms with Crippen LogP contribution in [0.5, 0.6) is 0 Å². The van der Waals surface area contributed by atoms with Crippen molar-refractivity contribution in [2.24, 2.45) is 0 Å². The van der Waals surface area contributed by atoms with Gasteiger partial charge in [-0.05, 0) is 42.3 Å². The van der Waals surface area contributed by atoms with Crippen molar-refractivity contribution in [1.82, 2.24) is 4.98 Å². The number of hydrogen-bond donors (Lipinski definition) is 3. The molecule has 0 radical (unpaired) electrons. The molecule has 1 aromatic carbocycles. The molecular formula is C13H14N2O2. The number of H-pyrrole nitrogens is 1. The van der Waals surface area contributed by atoms with E-state index < -0.39 is 0 Å². The highest BCUT2D eigenvalue weighted by Crippen LogP contribution is 2.15. The van der Waals surface area contributed by atoms with Crippen LogP contribution in [0.25, 0.3) is 0 Å². The van der Waals surface area contributed by atoms with Crippen molar-refractivity contribution in [1.29, 1.82) is 0 Å². The van der Waals surface area contributed by atoms with E-state index in [-0.39, 0.29) is 12.5 Å². The van der Waals surface area contributed by atoms with E-state index in [0.717, 1.165) is 16.8 Å². The summed E-state index contributed by atoms with van der Waals surface area (Å²) in [5, 5.41) is 11.8.